The summed E-state index contributed by atoms with van der Waals surface area (Å²) in [7, 11) is 0. The predicted octanol–water partition coefficient (Wildman–Crippen LogP) is 5.52. The molecule has 0 saturated carbocycles. The number of benzene rings is 2. The van der Waals surface area contributed by atoms with Crippen LogP contribution < -0.4 is 0 Å². The molecule has 4 rings (SSSR count). The molecule has 0 aliphatic heterocycles. The van der Waals surface area contributed by atoms with E-state index in [1.54, 1.807) is 11.1 Å². The molecule has 100 valence electrons. The highest BCUT2D eigenvalue weighted by Crippen LogP contribution is 2.41. The Kier molecular flexibility index (Phi) is 2.77. The molecule has 2 aromatic carbocycles. The van der Waals surface area contributed by atoms with Crippen LogP contribution in [0.2, 0.25) is 0 Å². The Labute approximate surface area is 121 Å². The highest BCUT2D eigenvalue weighted by molar-refractivity contribution is 5.82. The van der Waals surface area contributed by atoms with E-state index in [0.29, 0.717) is 0 Å². The lowest BCUT2D eigenvalue weighted by Crippen LogP contribution is -1.97. The second-order valence-electron chi connectivity index (χ2n) is 6.07. The largest absolute Gasteiger partial charge is 0.0807 e. The van der Waals surface area contributed by atoms with Crippen LogP contribution in [-0.4, -0.2) is 0 Å². The van der Waals surface area contributed by atoms with Gasteiger partial charge < -0.3 is 0 Å². The van der Waals surface area contributed by atoms with Gasteiger partial charge in [0.25, 0.3) is 0 Å². The van der Waals surface area contributed by atoms with Gasteiger partial charge in [0.1, 0.15) is 0 Å². The molecule has 0 heteroatoms. The molecule has 0 amide bonds. The average Bonchev–Trinajstić information content (AvgIpc) is 2.88. The lowest BCUT2D eigenvalue weighted by Gasteiger charge is -2.17. The van der Waals surface area contributed by atoms with Crippen molar-refractivity contribution in [1.29, 1.82) is 0 Å². The van der Waals surface area contributed by atoms with Gasteiger partial charge in [-0.15, -0.1) is 0 Å². The molecule has 0 unspecified atom stereocenters. The summed E-state index contributed by atoms with van der Waals surface area (Å²) in [6.07, 6.45) is 8.79. The molecule has 0 fully saturated rings. The first kappa shape index (κ1) is 12.0. The highest BCUT2D eigenvalue weighted by Gasteiger charge is 2.21. The van der Waals surface area contributed by atoms with Gasteiger partial charge in [-0.25, -0.2) is 0 Å². The Hall–Kier alpha value is -1.82. The Bertz CT molecular complexity index is 704. The van der Waals surface area contributed by atoms with Gasteiger partial charge in [-0.1, -0.05) is 42.5 Å². The second-order valence-corrected chi connectivity index (χ2v) is 6.07. The van der Waals surface area contributed by atoms with E-state index in [1.807, 2.05) is 0 Å². The van der Waals surface area contributed by atoms with Crippen molar-refractivity contribution in [2.45, 2.75) is 39.0 Å². The van der Waals surface area contributed by atoms with Crippen molar-refractivity contribution in [1.82, 2.24) is 0 Å². The summed E-state index contributed by atoms with van der Waals surface area (Å²) < 4.78 is 0. The molecule has 2 aromatic rings. The summed E-state index contributed by atoms with van der Waals surface area (Å²) in [4.78, 5) is 0. The molecule has 0 atom stereocenters. The van der Waals surface area contributed by atoms with Gasteiger partial charge in [0.2, 0.25) is 0 Å². The van der Waals surface area contributed by atoms with E-state index < -0.39 is 0 Å². The van der Waals surface area contributed by atoms with Crippen LogP contribution in [0.5, 0.6) is 0 Å². The van der Waals surface area contributed by atoms with Crippen LogP contribution in [0, 0.1) is 6.92 Å². The lowest BCUT2D eigenvalue weighted by molar-refractivity contribution is 0.741. The summed E-state index contributed by atoms with van der Waals surface area (Å²) in [5.41, 5.74) is 10.5. The summed E-state index contributed by atoms with van der Waals surface area (Å²) in [5.74, 6) is 0. The van der Waals surface area contributed by atoms with Crippen molar-refractivity contribution in [3.8, 4) is 11.1 Å². The monoisotopic (exact) mass is 260 g/mol. The van der Waals surface area contributed by atoms with Crippen molar-refractivity contribution in [3.05, 3.63) is 64.7 Å². The predicted molar refractivity (Wildman–Crippen MR) is 85.9 cm³/mol. The van der Waals surface area contributed by atoms with Crippen molar-refractivity contribution in [3.63, 3.8) is 0 Å². The molecule has 0 N–H and O–H groups in total. The molecule has 2 aliphatic rings. The molecular weight excluding hydrogens is 240 g/mol. The number of rotatable bonds is 1. The molecule has 2 aliphatic carbocycles. The fourth-order valence-corrected chi connectivity index (χ4v) is 3.80. The van der Waals surface area contributed by atoms with E-state index in [9.17, 15) is 0 Å². The van der Waals surface area contributed by atoms with Crippen LogP contribution in [0.25, 0.3) is 16.7 Å². The van der Waals surface area contributed by atoms with Crippen LogP contribution in [0.4, 0.5) is 0 Å². The van der Waals surface area contributed by atoms with Gasteiger partial charge in [0, 0.05) is 0 Å². The third-order valence-electron chi connectivity index (χ3n) is 4.91. The van der Waals surface area contributed by atoms with E-state index in [2.05, 4.69) is 49.4 Å². The summed E-state index contributed by atoms with van der Waals surface area (Å²) in [6.45, 7) is 2.31. The fourth-order valence-electron chi connectivity index (χ4n) is 3.80. The Morgan fingerprint density at radius 2 is 1.70 bits per heavy atom. The Morgan fingerprint density at radius 1 is 0.850 bits per heavy atom. The second kappa shape index (κ2) is 4.63. The first-order valence-electron chi connectivity index (χ1n) is 7.75. The number of hydrogen-bond donors (Lipinski definition) is 0. The highest BCUT2D eigenvalue weighted by atomic mass is 14.3. The van der Waals surface area contributed by atoms with Crippen molar-refractivity contribution >= 4 is 5.57 Å². The lowest BCUT2D eigenvalue weighted by atomic mass is 9.88. The summed E-state index contributed by atoms with van der Waals surface area (Å²) in [5, 5.41) is 0. The van der Waals surface area contributed by atoms with E-state index in [4.69, 9.17) is 0 Å². The van der Waals surface area contributed by atoms with Gasteiger partial charge in [-0.3, -0.25) is 0 Å². The zero-order valence-corrected chi connectivity index (χ0v) is 12.1. The zero-order chi connectivity index (χ0) is 13.5. The third kappa shape index (κ3) is 1.75. The maximum Gasteiger partial charge on any atom is -0.00106 e. The maximum atomic E-state index is 2.46. The van der Waals surface area contributed by atoms with Crippen LogP contribution >= 0.6 is 0 Å². The molecule has 0 heterocycles. The first-order valence-corrected chi connectivity index (χ1v) is 7.75. The smallest absolute Gasteiger partial charge is 0.00106 e. The zero-order valence-electron chi connectivity index (χ0n) is 12.1. The minimum absolute atomic E-state index is 1.11. The van der Waals surface area contributed by atoms with Gasteiger partial charge in [-0.05, 0) is 78.0 Å². The van der Waals surface area contributed by atoms with Crippen molar-refractivity contribution < 1.29 is 0 Å². The van der Waals surface area contributed by atoms with Gasteiger partial charge >= 0.3 is 0 Å². The minimum atomic E-state index is 1.11. The van der Waals surface area contributed by atoms with E-state index >= 15 is 0 Å². The van der Waals surface area contributed by atoms with E-state index in [-0.39, 0.29) is 0 Å². The molecule has 0 spiro atoms. The number of allylic oxidation sites excluding steroid dienone is 2. The Morgan fingerprint density at radius 3 is 2.55 bits per heavy atom. The first-order chi connectivity index (χ1) is 9.84. The topological polar surface area (TPSA) is 0 Å². The third-order valence-corrected chi connectivity index (χ3v) is 4.91. The fraction of sp³-hybridized carbons (Fsp3) is 0.300. The van der Waals surface area contributed by atoms with E-state index in [1.165, 1.54) is 53.5 Å². The summed E-state index contributed by atoms with van der Waals surface area (Å²) >= 11 is 0. The normalized spacial score (nSPS) is 16.6. The Balaban J connectivity index is 1.84. The van der Waals surface area contributed by atoms with Crippen molar-refractivity contribution in [2.75, 3.05) is 0 Å². The molecule has 0 aromatic heterocycles. The SMILES string of the molecule is Cc1c(C2=CCCCC2)ccc2c1Cc1ccccc1-2. The van der Waals surface area contributed by atoms with Gasteiger partial charge in [0.15, 0.2) is 0 Å². The van der Waals surface area contributed by atoms with Crippen LogP contribution in [0.3, 0.4) is 0 Å². The van der Waals surface area contributed by atoms with Gasteiger partial charge in [-0.2, -0.15) is 0 Å². The number of hydrogen-bond acceptors (Lipinski definition) is 0. The average molecular weight is 260 g/mol. The molecule has 0 radical (unpaired) electrons. The van der Waals surface area contributed by atoms with Crippen molar-refractivity contribution in [2.24, 2.45) is 0 Å². The number of fused-ring (bicyclic) bond motifs is 3. The molecule has 0 saturated heterocycles. The van der Waals surface area contributed by atoms with E-state index in [0.717, 1.165) is 6.42 Å². The molecule has 20 heavy (non-hydrogen) atoms. The molecule has 0 nitrogen and oxygen atoms in total. The van der Waals surface area contributed by atoms with Crippen LogP contribution in [0.1, 0.15) is 47.9 Å². The summed E-state index contributed by atoms with van der Waals surface area (Å²) in [6, 6.07) is 13.5. The minimum Gasteiger partial charge on any atom is -0.0807 e. The standard InChI is InChI=1S/C20H20/c1-14-17(15-7-3-2-4-8-15)11-12-19-18-10-6-5-9-16(18)13-20(14)19/h5-7,9-12H,2-4,8,13H2,1H3. The van der Waals surface area contributed by atoms with Crippen LogP contribution in [0.15, 0.2) is 42.5 Å². The maximum absolute atomic E-state index is 2.46. The molecular formula is C20H20. The van der Waals surface area contributed by atoms with Crippen LogP contribution in [-0.2, 0) is 6.42 Å². The quantitative estimate of drug-likeness (QED) is 0.540. The molecule has 0 bridgehead atoms. The van der Waals surface area contributed by atoms with Gasteiger partial charge in [0.05, 0.1) is 0 Å².